The number of hydrogen-bond acceptors (Lipinski definition) is 3. The van der Waals surface area contributed by atoms with Crippen molar-refractivity contribution >= 4 is 11.9 Å². The number of amides is 3. The number of carbonyl (C=O) groups is 2. The van der Waals surface area contributed by atoms with E-state index < -0.39 is 17.9 Å². The number of rotatable bonds is 6. The lowest BCUT2D eigenvalue weighted by molar-refractivity contribution is -0.123. The average Bonchev–Trinajstić information content (AvgIpc) is 2.53. The van der Waals surface area contributed by atoms with Gasteiger partial charge in [0, 0.05) is 18.2 Å². The van der Waals surface area contributed by atoms with Gasteiger partial charge in [-0.3, -0.25) is 4.79 Å². The third-order valence-corrected chi connectivity index (χ3v) is 3.36. The number of nitrogens with one attached hydrogen (secondary N) is 3. The molecule has 7 heteroatoms. The number of benzene rings is 1. The molecule has 1 aromatic rings. The van der Waals surface area contributed by atoms with Crippen molar-refractivity contribution < 1.29 is 14.0 Å². The summed E-state index contributed by atoms with van der Waals surface area (Å²) in [5, 5.41) is 16.4. The van der Waals surface area contributed by atoms with Crippen molar-refractivity contribution in [1.82, 2.24) is 16.0 Å². The van der Waals surface area contributed by atoms with E-state index in [1.54, 1.807) is 6.92 Å². The second-order valence-electron chi connectivity index (χ2n) is 5.28. The van der Waals surface area contributed by atoms with Gasteiger partial charge < -0.3 is 16.0 Å². The lowest BCUT2D eigenvalue weighted by Crippen LogP contribution is -2.50. The largest absolute Gasteiger partial charge is 0.352 e. The second-order valence-corrected chi connectivity index (χ2v) is 5.28. The molecule has 0 aromatic heterocycles. The van der Waals surface area contributed by atoms with Crippen LogP contribution in [0.2, 0.25) is 0 Å². The smallest absolute Gasteiger partial charge is 0.315 e. The first kappa shape index (κ1) is 18.4. The van der Waals surface area contributed by atoms with E-state index in [0.717, 1.165) is 12.5 Å². The van der Waals surface area contributed by atoms with Crippen LogP contribution in [0.5, 0.6) is 0 Å². The van der Waals surface area contributed by atoms with Gasteiger partial charge in [0.2, 0.25) is 5.91 Å². The summed E-state index contributed by atoms with van der Waals surface area (Å²) in [7, 11) is 0. The Morgan fingerprint density at radius 3 is 2.57 bits per heavy atom. The van der Waals surface area contributed by atoms with Crippen LogP contribution in [0.3, 0.4) is 0 Å². The maximum Gasteiger partial charge on any atom is 0.315 e. The minimum Gasteiger partial charge on any atom is -0.352 e. The topological polar surface area (TPSA) is 94.0 Å². The van der Waals surface area contributed by atoms with Crippen molar-refractivity contribution in [2.75, 3.05) is 0 Å². The van der Waals surface area contributed by atoms with Crippen LogP contribution < -0.4 is 16.0 Å². The van der Waals surface area contributed by atoms with Crippen LogP contribution in [0.1, 0.15) is 38.3 Å². The van der Waals surface area contributed by atoms with Crippen molar-refractivity contribution in [1.29, 1.82) is 5.26 Å². The lowest BCUT2D eigenvalue weighted by atomic mass is 10.1. The molecule has 0 aliphatic carbocycles. The summed E-state index contributed by atoms with van der Waals surface area (Å²) in [4.78, 5) is 23.5. The molecule has 0 unspecified atom stereocenters. The predicted octanol–water partition coefficient (Wildman–Crippen LogP) is 1.80. The molecule has 0 aliphatic rings. The van der Waals surface area contributed by atoms with Crippen molar-refractivity contribution in [3.05, 3.63) is 35.1 Å². The first-order valence-corrected chi connectivity index (χ1v) is 7.40. The van der Waals surface area contributed by atoms with Gasteiger partial charge in [-0.05, 0) is 32.4 Å². The van der Waals surface area contributed by atoms with Gasteiger partial charge in [-0.15, -0.1) is 0 Å². The number of halogens is 1. The highest BCUT2D eigenvalue weighted by molar-refractivity contribution is 5.86. The Hall–Kier alpha value is -2.62. The Kier molecular flexibility index (Phi) is 7.00. The highest BCUT2D eigenvalue weighted by Crippen LogP contribution is 2.09. The number of urea groups is 1. The first-order chi connectivity index (χ1) is 10.9. The third-order valence-electron chi connectivity index (χ3n) is 3.36. The average molecular weight is 320 g/mol. The summed E-state index contributed by atoms with van der Waals surface area (Å²) in [5.74, 6) is -0.842. The highest BCUT2D eigenvalue weighted by Gasteiger charge is 2.16. The van der Waals surface area contributed by atoms with Crippen molar-refractivity contribution in [3.63, 3.8) is 0 Å². The van der Waals surface area contributed by atoms with E-state index in [-0.39, 0.29) is 29.6 Å². The van der Waals surface area contributed by atoms with Gasteiger partial charge in [-0.1, -0.05) is 13.0 Å². The lowest BCUT2D eigenvalue weighted by Gasteiger charge is -2.17. The molecule has 1 rings (SSSR count). The predicted molar refractivity (Wildman–Crippen MR) is 83.8 cm³/mol. The van der Waals surface area contributed by atoms with Gasteiger partial charge in [0.1, 0.15) is 11.9 Å². The highest BCUT2D eigenvalue weighted by atomic mass is 19.1. The Morgan fingerprint density at radius 2 is 2.00 bits per heavy atom. The Labute approximate surface area is 135 Å². The summed E-state index contributed by atoms with van der Waals surface area (Å²) in [5.41, 5.74) is 0.474. The van der Waals surface area contributed by atoms with E-state index in [0.29, 0.717) is 0 Å². The van der Waals surface area contributed by atoms with Crippen molar-refractivity contribution in [2.24, 2.45) is 0 Å². The molecule has 124 valence electrons. The van der Waals surface area contributed by atoms with E-state index in [4.69, 9.17) is 5.26 Å². The van der Waals surface area contributed by atoms with Crippen molar-refractivity contribution in [3.8, 4) is 6.07 Å². The van der Waals surface area contributed by atoms with Crippen LogP contribution in [-0.2, 0) is 11.3 Å². The zero-order valence-corrected chi connectivity index (χ0v) is 13.4. The molecule has 0 saturated carbocycles. The molecule has 2 atom stereocenters. The van der Waals surface area contributed by atoms with Crippen LogP contribution >= 0.6 is 0 Å². The summed E-state index contributed by atoms with van der Waals surface area (Å²) < 4.78 is 13.7. The fraction of sp³-hybridized carbons (Fsp3) is 0.438. The summed E-state index contributed by atoms with van der Waals surface area (Å²) in [6, 6.07) is 4.61. The summed E-state index contributed by atoms with van der Waals surface area (Å²) in [6.45, 7) is 5.35. The maximum atomic E-state index is 13.7. The van der Waals surface area contributed by atoms with Gasteiger partial charge in [-0.25, -0.2) is 9.18 Å². The van der Waals surface area contributed by atoms with Crippen molar-refractivity contribution in [2.45, 2.75) is 45.8 Å². The number of nitrogens with zero attached hydrogens (tertiary/aromatic N) is 1. The van der Waals surface area contributed by atoms with Gasteiger partial charge in [0.25, 0.3) is 0 Å². The molecule has 23 heavy (non-hydrogen) atoms. The van der Waals surface area contributed by atoms with Crippen LogP contribution in [0.4, 0.5) is 9.18 Å². The molecular weight excluding hydrogens is 299 g/mol. The number of carbonyl (C=O) groups excluding carboxylic acids is 2. The minimum absolute atomic E-state index is 0.0301. The molecule has 3 N–H and O–H groups in total. The fourth-order valence-corrected chi connectivity index (χ4v) is 1.72. The van der Waals surface area contributed by atoms with Crippen LogP contribution in [0.25, 0.3) is 0 Å². The quantitative estimate of drug-likeness (QED) is 0.746. The Balaban J connectivity index is 2.48. The molecule has 0 radical (unpaired) electrons. The van der Waals surface area contributed by atoms with Crippen LogP contribution in [-0.4, -0.2) is 24.0 Å². The van der Waals surface area contributed by atoms with Crippen LogP contribution in [0.15, 0.2) is 18.2 Å². The van der Waals surface area contributed by atoms with E-state index in [9.17, 15) is 14.0 Å². The molecule has 6 nitrogen and oxygen atoms in total. The monoisotopic (exact) mass is 320 g/mol. The number of hydrogen-bond donors (Lipinski definition) is 3. The van der Waals surface area contributed by atoms with Gasteiger partial charge in [0.05, 0.1) is 11.6 Å². The normalized spacial score (nSPS) is 12.7. The van der Waals surface area contributed by atoms with Gasteiger partial charge in [0.15, 0.2) is 0 Å². The molecule has 3 amide bonds. The van der Waals surface area contributed by atoms with E-state index in [1.165, 1.54) is 12.1 Å². The molecule has 1 aromatic carbocycles. The molecule has 0 fully saturated rings. The summed E-state index contributed by atoms with van der Waals surface area (Å²) >= 11 is 0. The van der Waals surface area contributed by atoms with Gasteiger partial charge in [-0.2, -0.15) is 5.26 Å². The van der Waals surface area contributed by atoms with E-state index >= 15 is 0 Å². The van der Waals surface area contributed by atoms with E-state index in [1.807, 2.05) is 19.9 Å². The Bertz CT molecular complexity index is 613. The zero-order valence-electron chi connectivity index (χ0n) is 13.4. The Morgan fingerprint density at radius 1 is 1.30 bits per heavy atom. The minimum atomic E-state index is -0.699. The second kappa shape index (κ2) is 8.73. The standard InChI is InChI=1S/C16H21FN4O2/c1-4-10(2)20-15(22)11(3)21-16(23)19-9-13-6-5-12(8-18)7-14(13)17/h5-7,10-11H,4,9H2,1-3H3,(H,20,22)(H2,19,21,23)/t10-,11+/m0/s1. The van der Waals surface area contributed by atoms with Gasteiger partial charge >= 0.3 is 6.03 Å². The van der Waals surface area contributed by atoms with E-state index in [2.05, 4.69) is 16.0 Å². The third kappa shape index (κ3) is 5.94. The first-order valence-electron chi connectivity index (χ1n) is 7.40. The molecule has 0 heterocycles. The maximum absolute atomic E-state index is 13.7. The molecule has 0 spiro atoms. The van der Waals surface area contributed by atoms with Crippen LogP contribution in [0, 0.1) is 17.1 Å². The SMILES string of the molecule is CC[C@H](C)NC(=O)[C@@H](C)NC(=O)NCc1ccc(C#N)cc1F. The summed E-state index contributed by atoms with van der Waals surface area (Å²) in [6.07, 6.45) is 0.794. The molecule has 0 saturated heterocycles. The zero-order chi connectivity index (χ0) is 17.4. The molecular formula is C16H21FN4O2. The molecule has 0 bridgehead atoms. The molecule has 0 aliphatic heterocycles. The fourth-order valence-electron chi connectivity index (χ4n) is 1.72. The number of nitriles is 1.